The molecule has 0 atom stereocenters. The molecule has 0 spiro atoms. The molecule has 1 saturated heterocycles. The number of halogens is 1. The van der Waals surface area contributed by atoms with Crippen molar-refractivity contribution < 1.29 is 9.53 Å². The molecule has 0 radical (unpaired) electrons. The fourth-order valence-electron chi connectivity index (χ4n) is 2.32. The van der Waals surface area contributed by atoms with Gasteiger partial charge in [-0.1, -0.05) is 12.1 Å². The Bertz CT molecular complexity index is 717. The fraction of sp³-hybridized carbons (Fsp3) is 0.312. The first-order valence-electron chi connectivity index (χ1n) is 7.38. The number of benzene rings is 1. The zero-order valence-corrected chi connectivity index (χ0v) is 14.3. The Labute approximate surface area is 143 Å². The Kier molecular flexibility index (Phi) is 4.88. The molecule has 2 heterocycles. The molecule has 6 nitrogen and oxygen atoms in total. The Hall–Kier alpha value is -1.99. The topological polar surface area (TPSA) is 67.4 Å². The molecule has 0 unspecified atom stereocenters. The zero-order chi connectivity index (χ0) is 16.2. The third kappa shape index (κ3) is 3.86. The lowest BCUT2D eigenvalue weighted by Crippen LogP contribution is -2.37. The number of hydrogen-bond donors (Lipinski definition) is 1. The number of carbonyl (C=O) groups excluding carboxylic acids is 1. The number of amides is 1. The van der Waals surface area contributed by atoms with Gasteiger partial charge in [0.2, 0.25) is 5.95 Å². The molecule has 1 aliphatic heterocycles. The van der Waals surface area contributed by atoms with Gasteiger partial charge in [0.05, 0.1) is 18.9 Å². The number of aryl methyl sites for hydroxylation is 1. The summed E-state index contributed by atoms with van der Waals surface area (Å²) in [4.78, 5) is 23.4. The predicted octanol–water partition coefficient (Wildman–Crippen LogP) is 2.64. The van der Waals surface area contributed by atoms with Gasteiger partial charge < -0.3 is 15.0 Å². The summed E-state index contributed by atoms with van der Waals surface area (Å²) in [5.41, 5.74) is 1.83. The van der Waals surface area contributed by atoms with Crippen LogP contribution in [0.2, 0.25) is 0 Å². The minimum absolute atomic E-state index is 0.253. The second kappa shape index (κ2) is 7.06. The van der Waals surface area contributed by atoms with E-state index in [0.29, 0.717) is 30.5 Å². The monoisotopic (exact) mass is 376 g/mol. The van der Waals surface area contributed by atoms with Crippen molar-refractivity contribution in [3.05, 3.63) is 46.2 Å². The largest absolute Gasteiger partial charge is 0.378 e. The lowest BCUT2D eigenvalue weighted by molar-refractivity contribution is 0.102. The van der Waals surface area contributed by atoms with Crippen LogP contribution in [0.25, 0.3) is 0 Å². The van der Waals surface area contributed by atoms with E-state index >= 15 is 0 Å². The highest BCUT2D eigenvalue weighted by Crippen LogP contribution is 2.22. The van der Waals surface area contributed by atoms with Crippen LogP contribution < -0.4 is 10.2 Å². The molecule has 1 fully saturated rings. The van der Waals surface area contributed by atoms with Crippen LogP contribution in [-0.4, -0.2) is 42.2 Å². The third-order valence-corrected chi connectivity index (χ3v) is 4.18. The molecule has 7 heteroatoms. The SMILES string of the molecule is Cc1cc(C(=O)Nc2ccccc2Br)nc(N2CCOCC2)n1. The number of rotatable bonds is 3. The van der Waals surface area contributed by atoms with Gasteiger partial charge in [-0.3, -0.25) is 4.79 Å². The Morgan fingerprint density at radius 2 is 2.00 bits per heavy atom. The molecule has 0 bridgehead atoms. The molecular weight excluding hydrogens is 360 g/mol. The van der Waals surface area contributed by atoms with Gasteiger partial charge in [-0.25, -0.2) is 9.97 Å². The number of anilines is 2. The minimum Gasteiger partial charge on any atom is -0.378 e. The highest BCUT2D eigenvalue weighted by molar-refractivity contribution is 9.10. The molecule has 3 rings (SSSR count). The van der Waals surface area contributed by atoms with E-state index in [0.717, 1.165) is 23.3 Å². The predicted molar refractivity (Wildman–Crippen MR) is 91.9 cm³/mol. The van der Waals surface area contributed by atoms with Gasteiger partial charge in [-0.15, -0.1) is 0 Å². The molecular formula is C16H17BrN4O2. The summed E-state index contributed by atoms with van der Waals surface area (Å²) in [5, 5.41) is 2.86. The minimum atomic E-state index is -0.253. The van der Waals surface area contributed by atoms with Crippen LogP contribution in [0, 0.1) is 6.92 Å². The summed E-state index contributed by atoms with van der Waals surface area (Å²) in [7, 11) is 0. The molecule has 1 aromatic carbocycles. The van der Waals surface area contributed by atoms with E-state index in [9.17, 15) is 4.79 Å². The van der Waals surface area contributed by atoms with Gasteiger partial charge >= 0.3 is 0 Å². The molecule has 0 saturated carbocycles. The Morgan fingerprint density at radius 3 is 2.74 bits per heavy atom. The molecule has 120 valence electrons. The first-order valence-corrected chi connectivity index (χ1v) is 8.17. The molecule has 0 aliphatic carbocycles. The van der Waals surface area contributed by atoms with Crippen LogP contribution in [0.5, 0.6) is 0 Å². The van der Waals surface area contributed by atoms with Crippen LogP contribution in [0.1, 0.15) is 16.2 Å². The lowest BCUT2D eigenvalue weighted by Gasteiger charge is -2.27. The summed E-state index contributed by atoms with van der Waals surface area (Å²) in [6, 6.07) is 9.16. The van der Waals surface area contributed by atoms with E-state index in [1.807, 2.05) is 36.1 Å². The Morgan fingerprint density at radius 1 is 1.26 bits per heavy atom. The second-order valence-corrected chi connectivity index (χ2v) is 6.08. The van der Waals surface area contributed by atoms with Crippen LogP contribution in [0.4, 0.5) is 11.6 Å². The molecule has 1 amide bonds. The summed E-state index contributed by atoms with van der Waals surface area (Å²) < 4.78 is 6.17. The smallest absolute Gasteiger partial charge is 0.274 e. The van der Waals surface area contributed by atoms with Crippen molar-refractivity contribution in [3.8, 4) is 0 Å². The van der Waals surface area contributed by atoms with E-state index in [1.54, 1.807) is 6.07 Å². The number of aromatic nitrogens is 2. The normalized spacial score (nSPS) is 14.6. The van der Waals surface area contributed by atoms with E-state index in [-0.39, 0.29) is 5.91 Å². The summed E-state index contributed by atoms with van der Waals surface area (Å²) in [5.74, 6) is 0.322. The summed E-state index contributed by atoms with van der Waals surface area (Å²) >= 11 is 3.42. The summed E-state index contributed by atoms with van der Waals surface area (Å²) in [6.45, 7) is 4.62. The van der Waals surface area contributed by atoms with Gasteiger partial charge in [0.1, 0.15) is 5.69 Å². The highest BCUT2D eigenvalue weighted by atomic mass is 79.9. The first-order chi connectivity index (χ1) is 11.1. The van der Waals surface area contributed by atoms with E-state index in [2.05, 4.69) is 31.2 Å². The van der Waals surface area contributed by atoms with E-state index < -0.39 is 0 Å². The number of morpholine rings is 1. The highest BCUT2D eigenvalue weighted by Gasteiger charge is 2.17. The Balaban J connectivity index is 1.83. The van der Waals surface area contributed by atoms with Gasteiger partial charge in [-0.05, 0) is 41.1 Å². The first kappa shape index (κ1) is 15.9. The molecule has 2 aromatic rings. The molecule has 1 aromatic heterocycles. The average molecular weight is 377 g/mol. The lowest BCUT2D eigenvalue weighted by atomic mass is 10.3. The summed E-state index contributed by atoms with van der Waals surface area (Å²) in [6.07, 6.45) is 0. The van der Waals surface area contributed by atoms with Crippen LogP contribution in [0.15, 0.2) is 34.8 Å². The van der Waals surface area contributed by atoms with Crippen molar-refractivity contribution in [1.82, 2.24) is 9.97 Å². The van der Waals surface area contributed by atoms with Gasteiger partial charge in [-0.2, -0.15) is 0 Å². The standard InChI is InChI=1S/C16H17BrN4O2/c1-11-10-14(15(22)19-13-5-3-2-4-12(13)17)20-16(18-11)21-6-8-23-9-7-21/h2-5,10H,6-9H2,1H3,(H,19,22). The van der Waals surface area contributed by atoms with Crippen LogP contribution >= 0.6 is 15.9 Å². The quantitative estimate of drug-likeness (QED) is 0.891. The zero-order valence-electron chi connectivity index (χ0n) is 12.8. The van der Waals surface area contributed by atoms with Crippen molar-refractivity contribution in [2.45, 2.75) is 6.92 Å². The van der Waals surface area contributed by atoms with E-state index in [4.69, 9.17) is 4.74 Å². The van der Waals surface area contributed by atoms with Gasteiger partial charge in [0.25, 0.3) is 5.91 Å². The molecule has 23 heavy (non-hydrogen) atoms. The average Bonchev–Trinajstić information content (AvgIpc) is 2.57. The van der Waals surface area contributed by atoms with Crippen molar-refractivity contribution in [1.29, 1.82) is 0 Å². The van der Waals surface area contributed by atoms with Crippen molar-refractivity contribution in [2.75, 3.05) is 36.5 Å². The maximum atomic E-state index is 12.5. The molecule has 1 aliphatic rings. The fourth-order valence-corrected chi connectivity index (χ4v) is 2.71. The number of carbonyl (C=O) groups is 1. The van der Waals surface area contributed by atoms with Gasteiger partial charge in [0, 0.05) is 23.3 Å². The number of nitrogens with one attached hydrogen (secondary N) is 1. The van der Waals surface area contributed by atoms with Crippen molar-refractivity contribution in [3.63, 3.8) is 0 Å². The number of nitrogens with zero attached hydrogens (tertiary/aromatic N) is 3. The van der Waals surface area contributed by atoms with Crippen molar-refractivity contribution >= 4 is 33.5 Å². The van der Waals surface area contributed by atoms with E-state index in [1.165, 1.54) is 0 Å². The van der Waals surface area contributed by atoms with Crippen LogP contribution in [0.3, 0.4) is 0 Å². The maximum absolute atomic E-state index is 12.5. The number of para-hydroxylation sites is 1. The van der Waals surface area contributed by atoms with Crippen LogP contribution in [-0.2, 0) is 4.74 Å². The van der Waals surface area contributed by atoms with Crippen molar-refractivity contribution in [2.24, 2.45) is 0 Å². The second-order valence-electron chi connectivity index (χ2n) is 5.23. The molecule has 1 N–H and O–H groups in total. The number of ether oxygens (including phenoxy) is 1. The third-order valence-electron chi connectivity index (χ3n) is 3.49. The maximum Gasteiger partial charge on any atom is 0.274 e. The van der Waals surface area contributed by atoms with Gasteiger partial charge in [0.15, 0.2) is 0 Å². The number of hydrogen-bond acceptors (Lipinski definition) is 5.